The van der Waals surface area contributed by atoms with Gasteiger partial charge in [-0.1, -0.05) is 24.3 Å². The molecule has 0 unspecified atom stereocenters. The average Bonchev–Trinajstić information content (AvgIpc) is 3.53. The van der Waals surface area contributed by atoms with Gasteiger partial charge in [-0.25, -0.2) is 9.50 Å². The number of rotatable bonds is 6. The van der Waals surface area contributed by atoms with E-state index in [0.29, 0.717) is 23.6 Å². The number of anilines is 1. The SMILES string of the molecule is CCn1cc(-c2ccnc3c(C(=O)Nc4ccn(Cc5ccccc5C)n4)cnn23)c(C)n1. The maximum Gasteiger partial charge on any atom is 0.262 e. The van der Waals surface area contributed by atoms with Crippen LogP contribution in [0.1, 0.15) is 34.1 Å². The Morgan fingerprint density at radius 3 is 2.70 bits per heavy atom. The summed E-state index contributed by atoms with van der Waals surface area (Å²) in [6, 6.07) is 11.8. The molecule has 0 fully saturated rings. The van der Waals surface area contributed by atoms with Gasteiger partial charge in [0.05, 0.1) is 24.1 Å². The van der Waals surface area contributed by atoms with Crippen molar-refractivity contribution in [1.29, 1.82) is 0 Å². The molecule has 4 aromatic heterocycles. The van der Waals surface area contributed by atoms with Gasteiger partial charge in [0.1, 0.15) is 5.56 Å². The van der Waals surface area contributed by atoms with E-state index in [1.807, 2.05) is 49.1 Å². The Balaban J connectivity index is 1.39. The predicted molar refractivity (Wildman–Crippen MR) is 125 cm³/mol. The largest absolute Gasteiger partial charge is 0.305 e. The second kappa shape index (κ2) is 8.34. The Hall–Kier alpha value is -4.27. The van der Waals surface area contributed by atoms with E-state index in [9.17, 15) is 4.79 Å². The number of fused-ring (bicyclic) bond motifs is 1. The van der Waals surface area contributed by atoms with Crippen LogP contribution in [0.4, 0.5) is 5.82 Å². The first kappa shape index (κ1) is 20.6. The number of nitrogens with one attached hydrogen (secondary N) is 1. The van der Waals surface area contributed by atoms with Gasteiger partial charge in [0.25, 0.3) is 5.91 Å². The minimum absolute atomic E-state index is 0.309. The van der Waals surface area contributed by atoms with Gasteiger partial charge >= 0.3 is 0 Å². The Labute approximate surface area is 190 Å². The molecule has 0 saturated heterocycles. The van der Waals surface area contributed by atoms with Crippen molar-refractivity contribution >= 4 is 17.4 Å². The first-order valence-electron chi connectivity index (χ1n) is 10.8. The van der Waals surface area contributed by atoms with E-state index in [1.54, 1.807) is 21.5 Å². The molecule has 4 heterocycles. The number of aryl methyl sites for hydroxylation is 3. The fraction of sp³-hybridized carbons (Fsp3) is 0.208. The standard InChI is InChI=1S/C24H24N8O/c1-4-30-15-20(17(3)28-30)21-9-11-25-23-19(13-26-32(21)23)24(33)27-22-10-12-31(29-22)14-18-8-6-5-7-16(18)2/h5-13,15H,4,14H2,1-3H3,(H,27,29,33). The van der Waals surface area contributed by atoms with E-state index in [0.717, 1.165) is 23.5 Å². The van der Waals surface area contributed by atoms with Crippen LogP contribution in [0.5, 0.6) is 0 Å². The number of benzene rings is 1. The van der Waals surface area contributed by atoms with Gasteiger partial charge in [0.2, 0.25) is 0 Å². The Kier molecular flexibility index (Phi) is 5.21. The number of nitrogens with zero attached hydrogens (tertiary/aromatic N) is 7. The van der Waals surface area contributed by atoms with Crippen molar-refractivity contribution in [3.05, 3.63) is 83.6 Å². The molecule has 0 aliphatic rings. The van der Waals surface area contributed by atoms with Crippen LogP contribution in [0.25, 0.3) is 16.9 Å². The number of hydrogen-bond donors (Lipinski definition) is 1. The minimum Gasteiger partial charge on any atom is -0.305 e. The van der Waals surface area contributed by atoms with Crippen molar-refractivity contribution in [2.45, 2.75) is 33.9 Å². The van der Waals surface area contributed by atoms with E-state index in [4.69, 9.17) is 0 Å². The van der Waals surface area contributed by atoms with Gasteiger partial charge < -0.3 is 5.32 Å². The van der Waals surface area contributed by atoms with Crippen LogP contribution in [-0.2, 0) is 13.1 Å². The lowest BCUT2D eigenvalue weighted by Gasteiger charge is -2.06. The molecule has 5 rings (SSSR count). The van der Waals surface area contributed by atoms with Crippen LogP contribution < -0.4 is 5.32 Å². The summed E-state index contributed by atoms with van der Waals surface area (Å²) in [5, 5.41) is 16.3. The molecule has 33 heavy (non-hydrogen) atoms. The second-order valence-electron chi connectivity index (χ2n) is 7.89. The van der Waals surface area contributed by atoms with E-state index in [2.05, 4.69) is 44.7 Å². The molecule has 0 radical (unpaired) electrons. The lowest BCUT2D eigenvalue weighted by Crippen LogP contribution is -2.13. The highest BCUT2D eigenvalue weighted by atomic mass is 16.1. The quantitative estimate of drug-likeness (QED) is 0.434. The fourth-order valence-electron chi connectivity index (χ4n) is 3.85. The van der Waals surface area contributed by atoms with Crippen molar-refractivity contribution < 1.29 is 4.79 Å². The first-order valence-corrected chi connectivity index (χ1v) is 10.8. The summed E-state index contributed by atoms with van der Waals surface area (Å²) in [6.07, 6.45) is 7.04. The van der Waals surface area contributed by atoms with Crippen LogP contribution in [0.2, 0.25) is 0 Å². The Bertz CT molecular complexity index is 1460. The van der Waals surface area contributed by atoms with Gasteiger partial charge in [0, 0.05) is 36.8 Å². The molecule has 5 aromatic rings. The molecule has 0 aliphatic carbocycles. The van der Waals surface area contributed by atoms with Gasteiger partial charge in [-0.3, -0.25) is 14.2 Å². The number of carbonyl (C=O) groups excluding carboxylic acids is 1. The molecule has 0 spiro atoms. The Morgan fingerprint density at radius 2 is 1.91 bits per heavy atom. The van der Waals surface area contributed by atoms with Crippen molar-refractivity contribution in [3.8, 4) is 11.3 Å². The van der Waals surface area contributed by atoms with Crippen LogP contribution in [0.3, 0.4) is 0 Å². The molecule has 0 bridgehead atoms. The molecular weight excluding hydrogens is 416 g/mol. The lowest BCUT2D eigenvalue weighted by molar-refractivity contribution is 0.102. The van der Waals surface area contributed by atoms with E-state index >= 15 is 0 Å². The maximum absolute atomic E-state index is 13.0. The van der Waals surface area contributed by atoms with Crippen molar-refractivity contribution in [3.63, 3.8) is 0 Å². The number of hydrogen-bond acceptors (Lipinski definition) is 5. The summed E-state index contributed by atoms with van der Waals surface area (Å²) in [5.74, 6) is 0.168. The summed E-state index contributed by atoms with van der Waals surface area (Å²) in [5.41, 5.74) is 5.92. The highest BCUT2D eigenvalue weighted by Gasteiger charge is 2.19. The average molecular weight is 441 g/mol. The van der Waals surface area contributed by atoms with Crippen molar-refractivity contribution in [2.24, 2.45) is 0 Å². The van der Waals surface area contributed by atoms with Crippen LogP contribution in [0, 0.1) is 13.8 Å². The molecular formula is C24H24N8O. The number of amides is 1. The smallest absolute Gasteiger partial charge is 0.262 e. The molecule has 166 valence electrons. The highest BCUT2D eigenvalue weighted by Crippen LogP contribution is 2.24. The van der Waals surface area contributed by atoms with E-state index in [1.165, 1.54) is 17.3 Å². The zero-order valence-electron chi connectivity index (χ0n) is 18.7. The second-order valence-corrected chi connectivity index (χ2v) is 7.89. The monoisotopic (exact) mass is 440 g/mol. The van der Waals surface area contributed by atoms with Gasteiger partial charge in [-0.15, -0.1) is 0 Å². The number of carbonyl (C=O) groups is 1. The molecule has 0 atom stereocenters. The van der Waals surface area contributed by atoms with Crippen LogP contribution in [-0.4, -0.2) is 40.1 Å². The van der Waals surface area contributed by atoms with E-state index in [-0.39, 0.29) is 5.91 Å². The van der Waals surface area contributed by atoms with Crippen LogP contribution in [0.15, 0.2) is 61.2 Å². The maximum atomic E-state index is 13.0. The van der Waals surface area contributed by atoms with Gasteiger partial charge in [-0.2, -0.15) is 15.3 Å². The van der Waals surface area contributed by atoms with Gasteiger partial charge in [0.15, 0.2) is 11.5 Å². The normalized spacial score (nSPS) is 11.2. The molecule has 0 aliphatic heterocycles. The fourth-order valence-corrected chi connectivity index (χ4v) is 3.85. The summed E-state index contributed by atoms with van der Waals surface area (Å²) in [6.45, 7) is 7.48. The molecule has 1 amide bonds. The minimum atomic E-state index is -0.309. The molecule has 0 saturated carbocycles. The van der Waals surface area contributed by atoms with Crippen molar-refractivity contribution in [1.82, 2.24) is 34.2 Å². The van der Waals surface area contributed by atoms with Crippen molar-refractivity contribution in [2.75, 3.05) is 5.32 Å². The lowest BCUT2D eigenvalue weighted by atomic mass is 10.1. The third-order valence-electron chi connectivity index (χ3n) is 5.67. The topological polar surface area (TPSA) is 94.9 Å². The molecule has 9 heteroatoms. The molecule has 1 aromatic carbocycles. The third kappa shape index (κ3) is 3.89. The number of aromatic nitrogens is 7. The van der Waals surface area contributed by atoms with E-state index < -0.39 is 0 Å². The first-order chi connectivity index (χ1) is 16.0. The Morgan fingerprint density at radius 1 is 1.06 bits per heavy atom. The summed E-state index contributed by atoms with van der Waals surface area (Å²) >= 11 is 0. The van der Waals surface area contributed by atoms with Crippen LogP contribution >= 0.6 is 0 Å². The molecule has 9 nitrogen and oxygen atoms in total. The summed E-state index contributed by atoms with van der Waals surface area (Å²) in [4.78, 5) is 17.4. The molecule has 1 N–H and O–H groups in total. The summed E-state index contributed by atoms with van der Waals surface area (Å²) in [7, 11) is 0. The van der Waals surface area contributed by atoms with Gasteiger partial charge in [-0.05, 0) is 38.0 Å². The third-order valence-corrected chi connectivity index (χ3v) is 5.67. The highest BCUT2D eigenvalue weighted by molar-refractivity contribution is 6.07. The zero-order valence-corrected chi connectivity index (χ0v) is 18.7. The predicted octanol–water partition coefficient (Wildman–Crippen LogP) is 3.73. The summed E-state index contributed by atoms with van der Waals surface area (Å²) < 4.78 is 5.36. The zero-order chi connectivity index (χ0) is 22.9.